The molecule has 2 nitrogen and oxygen atoms in total. The van der Waals surface area contributed by atoms with Crippen LogP contribution in [-0.4, -0.2) is 36.1 Å². The Morgan fingerprint density at radius 1 is 1.11 bits per heavy atom. The van der Waals surface area contributed by atoms with Crippen LogP contribution in [0, 0.1) is 11.3 Å². The summed E-state index contributed by atoms with van der Waals surface area (Å²) in [6.07, 6.45) is 10.2. The third-order valence-corrected chi connectivity index (χ3v) is 6.03. The van der Waals surface area contributed by atoms with E-state index < -0.39 is 0 Å². The molecule has 2 heteroatoms. The first-order valence-corrected chi connectivity index (χ1v) is 8.48. The Balaban J connectivity index is 1.71. The van der Waals surface area contributed by atoms with Crippen LogP contribution in [-0.2, 0) is 0 Å². The van der Waals surface area contributed by atoms with Gasteiger partial charge in [0.1, 0.15) is 0 Å². The molecule has 19 heavy (non-hydrogen) atoms. The average molecular weight is 264 g/mol. The first kappa shape index (κ1) is 13.9. The van der Waals surface area contributed by atoms with Crippen molar-refractivity contribution < 1.29 is 0 Å². The summed E-state index contributed by atoms with van der Waals surface area (Å²) in [5.74, 6) is 1.01. The summed E-state index contributed by atoms with van der Waals surface area (Å²) < 4.78 is 0. The molecule has 0 aromatic carbocycles. The molecule has 0 bridgehead atoms. The quantitative estimate of drug-likeness (QED) is 0.822. The summed E-state index contributed by atoms with van der Waals surface area (Å²) in [6.45, 7) is 11.1. The van der Waals surface area contributed by atoms with E-state index >= 15 is 0 Å². The Morgan fingerprint density at radius 3 is 2.32 bits per heavy atom. The van der Waals surface area contributed by atoms with Crippen molar-refractivity contribution in [2.24, 2.45) is 11.3 Å². The smallest absolute Gasteiger partial charge is 0.0334 e. The van der Waals surface area contributed by atoms with E-state index in [1.54, 1.807) is 0 Å². The average Bonchev–Trinajstić information content (AvgIpc) is 2.73. The molecular weight excluding hydrogens is 232 g/mol. The van der Waals surface area contributed by atoms with Crippen LogP contribution in [0.1, 0.15) is 65.7 Å². The van der Waals surface area contributed by atoms with Crippen molar-refractivity contribution in [2.75, 3.05) is 19.6 Å². The van der Waals surface area contributed by atoms with Gasteiger partial charge in [0.25, 0.3) is 0 Å². The molecule has 2 aliphatic carbocycles. The Bertz CT molecular complexity index is 308. The zero-order chi connectivity index (χ0) is 13.5. The highest BCUT2D eigenvalue weighted by molar-refractivity contribution is 5.04. The van der Waals surface area contributed by atoms with Gasteiger partial charge >= 0.3 is 0 Å². The van der Waals surface area contributed by atoms with E-state index in [9.17, 15) is 0 Å². The lowest BCUT2D eigenvalue weighted by molar-refractivity contribution is -0.00297. The Hall–Kier alpha value is -0.0800. The molecule has 0 amide bonds. The van der Waals surface area contributed by atoms with Gasteiger partial charge in [0.15, 0.2) is 0 Å². The molecule has 1 aliphatic heterocycles. The van der Waals surface area contributed by atoms with Crippen LogP contribution in [0.15, 0.2) is 0 Å². The van der Waals surface area contributed by atoms with E-state index in [2.05, 4.69) is 31.0 Å². The zero-order valence-electron chi connectivity index (χ0n) is 13.2. The molecule has 0 radical (unpaired) electrons. The Labute approximate surface area is 119 Å². The summed E-state index contributed by atoms with van der Waals surface area (Å²) >= 11 is 0. The highest BCUT2D eigenvalue weighted by Crippen LogP contribution is 2.40. The molecule has 0 aromatic rings. The number of nitrogens with zero attached hydrogens (tertiary/aromatic N) is 1. The van der Waals surface area contributed by atoms with Crippen LogP contribution in [0.25, 0.3) is 0 Å². The third-order valence-electron chi connectivity index (χ3n) is 6.03. The van der Waals surface area contributed by atoms with E-state index in [1.807, 2.05) is 0 Å². The van der Waals surface area contributed by atoms with Gasteiger partial charge in [-0.2, -0.15) is 0 Å². The molecule has 110 valence electrons. The monoisotopic (exact) mass is 264 g/mol. The lowest BCUT2D eigenvalue weighted by Gasteiger charge is -2.53. The largest absolute Gasteiger partial charge is 0.310 e. The molecule has 3 aliphatic rings. The van der Waals surface area contributed by atoms with Crippen LogP contribution >= 0.6 is 0 Å². The lowest BCUT2D eigenvalue weighted by atomic mass is 9.79. The molecule has 3 fully saturated rings. The summed E-state index contributed by atoms with van der Waals surface area (Å²) in [7, 11) is 0. The number of hydrogen-bond acceptors (Lipinski definition) is 2. The molecule has 0 aromatic heterocycles. The van der Waals surface area contributed by atoms with Gasteiger partial charge in [-0.25, -0.2) is 0 Å². The fraction of sp³-hybridized carbons (Fsp3) is 1.00. The number of nitrogens with one attached hydrogen (secondary N) is 1. The highest BCUT2D eigenvalue weighted by Gasteiger charge is 2.46. The van der Waals surface area contributed by atoms with Gasteiger partial charge in [-0.05, 0) is 37.0 Å². The van der Waals surface area contributed by atoms with Crippen molar-refractivity contribution in [3.05, 3.63) is 0 Å². The van der Waals surface area contributed by atoms with Crippen LogP contribution in [0.5, 0.6) is 0 Å². The second-order valence-electron chi connectivity index (χ2n) is 8.43. The van der Waals surface area contributed by atoms with E-state index in [-0.39, 0.29) is 0 Å². The molecule has 3 rings (SSSR count). The number of hydrogen-bond donors (Lipinski definition) is 1. The third kappa shape index (κ3) is 2.71. The van der Waals surface area contributed by atoms with Crippen molar-refractivity contribution in [1.29, 1.82) is 0 Å². The van der Waals surface area contributed by atoms with Crippen molar-refractivity contribution in [3.8, 4) is 0 Å². The van der Waals surface area contributed by atoms with Crippen molar-refractivity contribution >= 4 is 0 Å². The van der Waals surface area contributed by atoms with Gasteiger partial charge in [-0.15, -0.1) is 0 Å². The van der Waals surface area contributed by atoms with Crippen LogP contribution in [0.4, 0.5) is 0 Å². The summed E-state index contributed by atoms with van der Waals surface area (Å²) in [5, 5.41) is 3.89. The van der Waals surface area contributed by atoms with Crippen molar-refractivity contribution in [1.82, 2.24) is 10.2 Å². The fourth-order valence-corrected chi connectivity index (χ4v) is 4.26. The highest BCUT2D eigenvalue weighted by atomic mass is 15.3. The standard InChI is InChI=1S/C17H32N2/c1-16(2,3)15-12-19(11-14-7-6-8-14)17(13-18-15)9-4-5-10-17/h14-15,18H,4-13H2,1-3H3. The van der Waals surface area contributed by atoms with Gasteiger partial charge < -0.3 is 5.32 Å². The zero-order valence-corrected chi connectivity index (χ0v) is 13.2. The van der Waals surface area contributed by atoms with Crippen LogP contribution in [0.2, 0.25) is 0 Å². The minimum Gasteiger partial charge on any atom is -0.310 e. The van der Waals surface area contributed by atoms with E-state index in [0.717, 1.165) is 5.92 Å². The number of rotatable bonds is 2. The number of piperazine rings is 1. The summed E-state index contributed by atoms with van der Waals surface area (Å²) in [4.78, 5) is 2.91. The van der Waals surface area contributed by atoms with Gasteiger partial charge in [0, 0.05) is 31.2 Å². The van der Waals surface area contributed by atoms with Gasteiger partial charge in [-0.1, -0.05) is 40.0 Å². The molecule has 1 spiro atoms. The molecule has 1 N–H and O–H groups in total. The lowest BCUT2D eigenvalue weighted by Crippen LogP contribution is -2.66. The fourth-order valence-electron chi connectivity index (χ4n) is 4.26. The Morgan fingerprint density at radius 2 is 1.79 bits per heavy atom. The summed E-state index contributed by atoms with van der Waals surface area (Å²) in [5.41, 5.74) is 0.912. The Kier molecular flexibility index (Phi) is 3.68. The molecule has 1 saturated heterocycles. The van der Waals surface area contributed by atoms with Crippen molar-refractivity contribution in [2.45, 2.75) is 77.3 Å². The van der Waals surface area contributed by atoms with E-state index in [0.29, 0.717) is 17.0 Å². The first-order chi connectivity index (χ1) is 9.00. The molecule has 1 atom stereocenters. The topological polar surface area (TPSA) is 15.3 Å². The maximum Gasteiger partial charge on any atom is 0.0334 e. The molecular formula is C17H32N2. The second-order valence-corrected chi connectivity index (χ2v) is 8.43. The van der Waals surface area contributed by atoms with E-state index in [4.69, 9.17) is 0 Å². The van der Waals surface area contributed by atoms with Crippen LogP contribution < -0.4 is 5.32 Å². The minimum absolute atomic E-state index is 0.387. The van der Waals surface area contributed by atoms with E-state index in [1.165, 1.54) is 64.6 Å². The van der Waals surface area contributed by atoms with Gasteiger partial charge in [-0.3, -0.25) is 4.90 Å². The molecule has 1 unspecified atom stereocenters. The first-order valence-electron chi connectivity index (χ1n) is 8.48. The summed E-state index contributed by atoms with van der Waals surface area (Å²) in [6, 6.07) is 0.666. The van der Waals surface area contributed by atoms with Crippen LogP contribution in [0.3, 0.4) is 0 Å². The molecule has 2 saturated carbocycles. The van der Waals surface area contributed by atoms with Crippen molar-refractivity contribution in [3.63, 3.8) is 0 Å². The molecule has 1 heterocycles. The maximum absolute atomic E-state index is 3.89. The maximum atomic E-state index is 3.89. The predicted molar refractivity (Wildman–Crippen MR) is 81.4 cm³/mol. The van der Waals surface area contributed by atoms with Gasteiger partial charge in [0.2, 0.25) is 0 Å². The normalized spacial score (nSPS) is 32.7. The SMILES string of the molecule is CC(C)(C)C1CN(CC2CCC2)C2(CCCC2)CN1. The van der Waals surface area contributed by atoms with Gasteiger partial charge in [0.05, 0.1) is 0 Å². The predicted octanol–water partition coefficient (Wildman–Crippen LogP) is 3.42. The minimum atomic E-state index is 0.387. The second kappa shape index (κ2) is 5.04.